The molecule has 3 nitrogen and oxygen atoms in total. The largest absolute Gasteiger partial charge is 0.490 e. The van der Waals surface area contributed by atoms with Crippen molar-refractivity contribution >= 4 is 22.6 Å². The molecule has 0 aliphatic carbocycles. The molecular weight excluding hydrogens is 365 g/mol. The minimum absolute atomic E-state index is 0.153. The fourth-order valence-electron chi connectivity index (χ4n) is 2.28. The minimum atomic E-state index is -0.153. The van der Waals surface area contributed by atoms with Gasteiger partial charge in [-0.05, 0) is 51.9 Å². The van der Waals surface area contributed by atoms with Gasteiger partial charge in [0.1, 0.15) is 0 Å². The number of hydrogen-bond donors (Lipinski definition) is 1. The van der Waals surface area contributed by atoms with Gasteiger partial charge in [0.25, 0.3) is 0 Å². The SMILES string of the molecule is NC(c1ccc2c(c1)OCCCO2)c1ccccc1I. The Bertz CT molecular complexity index is 615. The maximum Gasteiger partial charge on any atom is 0.161 e. The Kier molecular flexibility index (Phi) is 4.12. The average Bonchev–Trinajstić information content (AvgIpc) is 2.71. The third-order valence-electron chi connectivity index (χ3n) is 3.37. The summed E-state index contributed by atoms with van der Waals surface area (Å²) in [6.45, 7) is 1.39. The van der Waals surface area contributed by atoms with Crippen LogP contribution in [0.25, 0.3) is 0 Å². The molecule has 0 fully saturated rings. The monoisotopic (exact) mass is 381 g/mol. The number of hydrogen-bond acceptors (Lipinski definition) is 3. The average molecular weight is 381 g/mol. The van der Waals surface area contributed by atoms with Crippen molar-refractivity contribution in [1.29, 1.82) is 0 Å². The van der Waals surface area contributed by atoms with Gasteiger partial charge < -0.3 is 15.2 Å². The number of nitrogens with two attached hydrogens (primary N) is 1. The van der Waals surface area contributed by atoms with Crippen molar-refractivity contribution in [2.24, 2.45) is 5.73 Å². The van der Waals surface area contributed by atoms with Crippen LogP contribution in [-0.4, -0.2) is 13.2 Å². The van der Waals surface area contributed by atoms with Gasteiger partial charge in [-0.25, -0.2) is 0 Å². The second-order valence-electron chi connectivity index (χ2n) is 4.76. The highest BCUT2D eigenvalue weighted by Crippen LogP contribution is 2.34. The van der Waals surface area contributed by atoms with Gasteiger partial charge in [0.15, 0.2) is 11.5 Å². The first kappa shape index (κ1) is 13.7. The number of halogens is 1. The van der Waals surface area contributed by atoms with E-state index in [1.54, 1.807) is 0 Å². The van der Waals surface area contributed by atoms with Crippen LogP contribution in [0.1, 0.15) is 23.6 Å². The molecule has 1 unspecified atom stereocenters. The van der Waals surface area contributed by atoms with Crippen LogP contribution in [0.3, 0.4) is 0 Å². The van der Waals surface area contributed by atoms with E-state index >= 15 is 0 Å². The Balaban J connectivity index is 1.94. The van der Waals surface area contributed by atoms with Crippen molar-refractivity contribution in [3.63, 3.8) is 0 Å². The zero-order chi connectivity index (χ0) is 13.9. The van der Waals surface area contributed by atoms with Crippen LogP contribution in [0.15, 0.2) is 42.5 Å². The van der Waals surface area contributed by atoms with Crippen LogP contribution in [-0.2, 0) is 0 Å². The van der Waals surface area contributed by atoms with Crippen molar-refractivity contribution in [3.05, 3.63) is 57.2 Å². The van der Waals surface area contributed by atoms with Crippen LogP contribution in [0.4, 0.5) is 0 Å². The van der Waals surface area contributed by atoms with Crippen LogP contribution in [0, 0.1) is 3.57 Å². The van der Waals surface area contributed by atoms with E-state index in [0.29, 0.717) is 13.2 Å². The van der Waals surface area contributed by atoms with E-state index in [-0.39, 0.29) is 6.04 Å². The molecule has 104 valence electrons. The predicted octanol–water partition coefficient (Wildman–Crippen LogP) is 3.50. The molecule has 1 aliphatic heterocycles. The molecule has 4 heteroatoms. The minimum Gasteiger partial charge on any atom is -0.490 e. The summed E-state index contributed by atoms with van der Waals surface area (Å²) in [5, 5.41) is 0. The molecule has 0 bridgehead atoms. The Labute approximate surface area is 132 Å². The first-order chi connectivity index (χ1) is 9.75. The van der Waals surface area contributed by atoms with Gasteiger partial charge in [0.05, 0.1) is 19.3 Å². The summed E-state index contributed by atoms with van der Waals surface area (Å²) in [6.07, 6.45) is 0.909. The molecule has 1 aliphatic rings. The molecular formula is C16H16INO2. The molecule has 1 atom stereocenters. The molecule has 1 heterocycles. The van der Waals surface area contributed by atoms with Crippen LogP contribution in [0.2, 0.25) is 0 Å². The molecule has 20 heavy (non-hydrogen) atoms. The van der Waals surface area contributed by atoms with E-state index in [0.717, 1.165) is 29.0 Å². The summed E-state index contributed by atoms with van der Waals surface area (Å²) < 4.78 is 12.5. The van der Waals surface area contributed by atoms with Gasteiger partial charge in [-0.1, -0.05) is 24.3 Å². The van der Waals surface area contributed by atoms with Gasteiger partial charge >= 0.3 is 0 Å². The highest BCUT2D eigenvalue weighted by Gasteiger charge is 2.16. The summed E-state index contributed by atoms with van der Waals surface area (Å²) in [5.74, 6) is 1.60. The topological polar surface area (TPSA) is 44.5 Å². The fraction of sp³-hybridized carbons (Fsp3) is 0.250. The maximum absolute atomic E-state index is 6.39. The molecule has 2 N–H and O–H groups in total. The predicted molar refractivity (Wildman–Crippen MR) is 87.2 cm³/mol. The van der Waals surface area contributed by atoms with Gasteiger partial charge in [0, 0.05) is 9.99 Å². The molecule has 0 aromatic heterocycles. The lowest BCUT2D eigenvalue weighted by atomic mass is 9.99. The number of rotatable bonds is 2. The molecule has 0 radical (unpaired) electrons. The van der Waals surface area contributed by atoms with Crippen molar-refractivity contribution in [3.8, 4) is 11.5 Å². The highest BCUT2D eigenvalue weighted by molar-refractivity contribution is 14.1. The first-order valence-electron chi connectivity index (χ1n) is 6.65. The van der Waals surface area contributed by atoms with Crippen molar-refractivity contribution in [2.75, 3.05) is 13.2 Å². The Morgan fingerprint density at radius 3 is 2.55 bits per heavy atom. The Hall–Kier alpha value is -1.27. The van der Waals surface area contributed by atoms with Crippen LogP contribution < -0.4 is 15.2 Å². The lowest BCUT2D eigenvalue weighted by Crippen LogP contribution is -2.13. The fourth-order valence-corrected chi connectivity index (χ4v) is 3.00. The zero-order valence-electron chi connectivity index (χ0n) is 11.0. The highest BCUT2D eigenvalue weighted by atomic mass is 127. The lowest BCUT2D eigenvalue weighted by molar-refractivity contribution is 0.297. The summed E-state index contributed by atoms with van der Waals surface area (Å²) in [7, 11) is 0. The number of fused-ring (bicyclic) bond motifs is 1. The zero-order valence-corrected chi connectivity index (χ0v) is 13.2. The van der Waals surface area contributed by atoms with E-state index in [9.17, 15) is 0 Å². The summed E-state index contributed by atoms with van der Waals surface area (Å²) in [6, 6.07) is 14.0. The standard InChI is InChI=1S/C16H16INO2/c17-13-5-2-1-4-12(13)16(18)11-6-7-14-15(10-11)20-9-3-8-19-14/h1-2,4-7,10,16H,3,8-9,18H2. The van der Waals surface area contributed by atoms with E-state index < -0.39 is 0 Å². The Morgan fingerprint density at radius 2 is 1.75 bits per heavy atom. The van der Waals surface area contributed by atoms with Crippen LogP contribution >= 0.6 is 22.6 Å². The van der Waals surface area contributed by atoms with Gasteiger partial charge in [-0.3, -0.25) is 0 Å². The van der Waals surface area contributed by atoms with Gasteiger partial charge in [-0.2, -0.15) is 0 Å². The Morgan fingerprint density at radius 1 is 1.00 bits per heavy atom. The summed E-state index contributed by atoms with van der Waals surface area (Å²) in [5.41, 5.74) is 8.56. The van der Waals surface area contributed by atoms with Gasteiger partial charge in [0.2, 0.25) is 0 Å². The molecule has 0 spiro atoms. The number of benzene rings is 2. The van der Waals surface area contributed by atoms with E-state index in [4.69, 9.17) is 15.2 Å². The molecule has 3 rings (SSSR count). The summed E-state index contributed by atoms with van der Waals surface area (Å²) >= 11 is 2.32. The quantitative estimate of drug-likeness (QED) is 0.810. The molecule has 2 aromatic carbocycles. The van der Waals surface area contributed by atoms with Crippen molar-refractivity contribution in [1.82, 2.24) is 0 Å². The molecule has 0 amide bonds. The van der Waals surface area contributed by atoms with Crippen molar-refractivity contribution in [2.45, 2.75) is 12.5 Å². The van der Waals surface area contributed by atoms with Crippen LogP contribution in [0.5, 0.6) is 11.5 Å². The molecule has 2 aromatic rings. The molecule has 0 saturated carbocycles. The first-order valence-corrected chi connectivity index (χ1v) is 7.73. The van der Waals surface area contributed by atoms with E-state index in [2.05, 4.69) is 34.7 Å². The van der Waals surface area contributed by atoms with E-state index in [1.165, 1.54) is 3.57 Å². The van der Waals surface area contributed by atoms with E-state index in [1.807, 2.05) is 30.3 Å². The lowest BCUT2D eigenvalue weighted by Gasteiger charge is -2.16. The number of ether oxygens (including phenoxy) is 2. The molecule has 0 saturated heterocycles. The summed E-state index contributed by atoms with van der Waals surface area (Å²) in [4.78, 5) is 0. The third-order valence-corrected chi connectivity index (χ3v) is 4.35. The third kappa shape index (κ3) is 2.76. The smallest absolute Gasteiger partial charge is 0.161 e. The normalized spacial score (nSPS) is 15.5. The van der Waals surface area contributed by atoms with Crippen molar-refractivity contribution < 1.29 is 9.47 Å². The maximum atomic E-state index is 6.39. The second-order valence-corrected chi connectivity index (χ2v) is 5.92. The second kappa shape index (κ2) is 6.01. The van der Waals surface area contributed by atoms with Gasteiger partial charge in [-0.15, -0.1) is 0 Å².